The van der Waals surface area contributed by atoms with Gasteiger partial charge in [0.15, 0.2) is 5.82 Å². The van der Waals surface area contributed by atoms with E-state index >= 15 is 0 Å². The number of amides is 3. The minimum Gasteiger partial charge on any atom is -0.382 e. The number of benzene rings is 1. The summed E-state index contributed by atoms with van der Waals surface area (Å²) in [6, 6.07) is 4.59. The molecule has 9 heteroatoms. The molecule has 0 bridgehead atoms. The third kappa shape index (κ3) is 2.68. The molecule has 1 fully saturated rings. The first-order chi connectivity index (χ1) is 12.4. The van der Waals surface area contributed by atoms with Crippen LogP contribution in [0.4, 0.5) is 5.82 Å². The zero-order valence-electron chi connectivity index (χ0n) is 13.5. The van der Waals surface area contributed by atoms with E-state index in [-0.39, 0.29) is 35.8 Å². The average molecular weight is 372 g/mol. The molecule has 0 saturated carbocycles. The van der Waals surface area contributed by atoms with Gasteiger partial charge in [0, 0.05) is 24.1 Å². The van der Waals surface area contributed by atoms with E-state index in [0.29, 0.717) is 23.2 Å². The first-order valence-corrected chi connectivity index (χ1v) is 8.38. The molecule has 0 radical (unpaired) electrons. The third-order valence-electron chi connectivity index (χ3n) is 4.57. The maximum atomic E-state index is 12.7. The molecule has 132 valence electrons. The van der Waals surface area contributed by atoms with Crippen molar-refractivity contribution < 1.29 is 14.4 Å². The fourth-order valence-corrected chi connectivity index (χ4v) is 3.46. The maximum Gasteiger partial charge on any atom is 0.255 e. The Labute approximate surface area is 153 Å². The number of anilines is 1. The predicted octanol–water partition coefficient (Wildman–Crippen LogP) is 1.14. The van der Waals surface area contributed by atoms with Gasteiger partial charge in [0.05, 0.1) is 6.20 Å². The molecule has 0 aliphatic carbocycles. The molecule has 3 amide bonds. The number of rotatable bonds is 2. The summed E-state index contributed by atoms with van der Waals surface area (Å²) in [7, 11) is 0. The lowest BCUT2D eigenvalue weighted by atomic mass is 10.0. The summed E-state index contributed by atoms with van der Waals surface area (Å²) in [5, 5.41) is 2.49. The summed E-state index contributed by atoms with van der Waals surface area (Å²) in [5.41, 5.74) is 8.37. The van der Waals surface area contributed by atoms with Crippen molar-refractivity contribution in [3.63, 3.8) is 0 Å². The molecule has 2 aliphatic heterocycles. The van der Waals surface area contributed by atoms with Gasteiger partial charge in [0.25, 0.3) is 5.91 Å². The Kier molecular flexibility index (Phi) is 3.84. The molecule has 2 aliphatic rings. The molecule has 4 rings (SSSR count). The van der Waals surface area contributed by atoms with Crippen LogP contribution < -0.4 is 11.1 Å². The van der Waals surface area contributed by atoms with Crippen LogP contribution in [0, 0.1) is 0 Å². The number of nitrogens with two attached hydrogens (primary N) is 1. The Hall–Kier alpha value is -3.00. The van der Waals surface area contributed by atoms with Crippen LogP contribution in [0.5, 0.6) is 0 Å². The van der Waals surface area contributed by atoms with Crippen LogP contribution in [0.2, 0.25) is 5.15 Å². The van der Waals surface area contributed by atoms with Crippen LogP contribution in [0.1, 0.15) is 28.8 Å². The van der Waals surface area contributed by atoms with E-state index in [1.165, 1.54) is 11.1 Å². The van der Waals surface area contributed by atoms with Gasteiger partial charge in [0.2, 0.25) is 11.8 Å². The number of carbonyl (C=O) groups excluding carboxylic acids is 3. The van der Waals surface area contributed by atoms with Crippen molar-refractivity contribution in [3.05, 3.63) is 40.7 Å². The number of hydrogen-bond acceptors (Lipinski definition) is 6. The monoisotopic (exact) mass is 371 g/mol. The van der Waals surface area contributed by atoms with Crippen molar-refractivity contribution in [2.45, 2.75) is 25.4 Å². The standard InChI is InChI=1S/C17H14ClN5O3/c18-12-6-20-14(15(19)21-12)8-1-2-10-9(5-8)7-23(17(10)26)11-3-4-13(24)22-16(11)25/h1-2,5-6,11H,3-4,7H2,(H2,19,21)(H,22,24,25). The Bertz CT molecular complexity index is 961. The molecule has 1 atom stereocenters. The first kappa shape index (κ1) is 16.5. The first-order valence-electron chi connectivity index (χ1n) is 8.00. The summed E-state index contributed by atoms with van der Waals surface area (Å²) in [6.07, 6.45) is 1.95. The van der Waals surface area contributed by atoms with Gasteiger partial charge in [-0.1, -0.05) is 17.7 Å². The van der Waals surface area contributed by atoms with E-state index in [1.807, 2.05) is 6.07 Å². The molecule has 2 aromatic rings. The Morgan fingerprint density at radius 1 is 1.27 bits per heavy atom. The van der Waals surface area contributed by atoms with Crippen molar-refractivity contribution >= 4 is 35.1 Å². The van der Waals surface area contributed by atoms with Crippen LogP contribution in [-0.2, 0) is 16.1 Å². The zero-order chi connectivity index (χ0) is 18.4. The van der Waals surface area contributed by atoms with Gasteiger partial charge in [-0.25, -0.2) is 9.97 Å². The molecular formula is C17H14ClN5O3. The second kappa shape index (κ2) is 6.06. The molecular weight excluding hydrogens is 358 g/mol. The normalized spacial score (nSPS) is 19.5. The fraction of sp³-hybridized carbons (Fsp3) is 0.235. The van der Waals surface area contributed by atoms with Gasteiger partial charge >= 0.3 is 0 Å². The van der Waals surface area contributed by atoms with Crippen LogP contribution in [-0.4, -0.2) is 38.6 Å². The molecule has 1 unspecified atom stereocenters. The highest BCUT2D eigenvalue weighted by Gasteiger charge is 2.39. The highest BCUT2D eigenvalue weighted by Crippen LogP contribution is 2.32. The van der Waals surface area contributed by atoms with Crippen LogP contribution in [0.15, 0.2) is 24.4 Å². The highest BCUT2D eigenvalue weighted by molar-refractivity contribution is 6.29. The molecule has 1 saturated heterocycles. The molecule has 3 N–H and O–H groups in total. The number of imide groups is 1. The minimum absolute atomic E-state index is 0.198. The summed E-state index contributed by atoms with van der Waals surface area (Å²) >= 11 is 5.78. The zero-order valence-corrected chi connectivity index (χ0v) is 14.3. The Morgan fingerprint density at radius 2 is 2.08 bits per heavy atom. The summed E-state index contributed by atoms with van der Waals surface area (Å²) in [6.45, 7) is 0.287. The van der Waals surface area contributed by atoms with E-state index in [2.05, 4.69) is 15.3 Å². The van der Waals surface area contributed by atoms with Crippen LogP contribution in [0.25, 0.3) is 11.3 Å². The van der Waals surface area contributed by atoms with Gasteiger partial charge in [-0.15, -0.1) is 0 Å². The van der Waals surface area contributed by atoms with Crippen molar-refractivity contribution in [1.29, 1.82) is 0 Å². The number of hydrogen-bond donors (Lipinski definition) is 2. The number of nitrogens with one attached hydrogen (secondary N) is 1. The number of aromatic nitrogens is 2. The number of carbonyl (C=O) groups is 3. The topological polar surface area (TPSA) is 118 Å². The van der Waals surface area contributed by atoms with Gasteiger partial charge in [-0.3, -0.25) is 19.7 Å². The average Bonchev–Trinajstić information content (AvgIpc) is 2.91. The largest absolute Gasteiger partial charge is 0.382 e. The summed E-state index contributed by atoms with van der Waals surface area (Å²) < 4.78 is 0. The van der Waals surface area contributed by atoms with E-state index in [0.717, 1.165) is 5.56 Å². The predicted molar refractivity (Wildman–Crippen MR) is 92.9 cm³/mol. The molecule has 26 heavy (non-hydrogen) atoms. The number of nitrogen functional groups attached to an aromatic ring is 1. The van der Waals surface area contributed by atoms with E-state index in [9.17, 15) is 14.4 Å². The molecule has 8 nitrogen and oxygen atoms in total. The van der Waals surface area contributed by atoms with Gasteiger partial charge < -0.3 is 10.6 Å². The minimum atomic E-state index is -0.642. The quantitative estimate of drug-likeness (QED) is 0.764. The fourth-order valence-electron chi connectivity index (χ4n) is 3.32. The van der Waals surface area contributed by atoms with Crippen LogP contribution >= 0.6 is 11.6 Å². The lowest BCUT2D eigenvalue weighted by molar-refractivity contribution is -0.136. The van der Waals surface area contributed by atoms with Crippen LogP contribution in [0.3, 0.4) is 0 Å². The van der Waals surface area contributed by atoms with Gasteiger partial charge in [-0.2, -0.15) is 0 Å². The van der Waals surface area contributed by atoms with Crippen molar-refractivity contribution in [3.8, 4) is 11.3 Å². The lowest BCUT2D eigenvalue weighted by Gasteiger charge is -2.29. The second-order valence-corrected chi connectivity index (χ2v) is 6.59. The molecule has 1 aromatic heterocycles. The van der Waals surface area contributed by atoms with Crippen molar-refractivity contribution in [2.75, 3.05) is 5.73 Å². The van der Waals surface area contributed by atoms with E-state index in [1.54, 1.807) is 12.1 Å². The Balaban J connectivity index is 1.65. The maximum absolute atomic E-state index is 12.7. The Morgan fingerprint density at radius 3 is 2.81 bits per heavy atom. The van der Waals surface area contributed by atoms with Gasteiger partial charge in [-0.05, 0) is 24.1 Å². The smallest absolute Gasteiger partial charge is 0.255 e. The number of fused-ring (bicyclic) bond motifs is 1. The van der Waals surface area contributed by atoms with E-state index < -0.39 is 11.9 Å². The highest BCUT2D eigenvalue weighted by atomic mass is 35.5. The number of piperidine rings is 1. The summed E-state index contributed by atoms with van der Waals surface area (Å²) in [4.78, 5) is 45.8. The number of halogens is 1. The SMILES string of the molecule is Nc1nc(Cl)cnc1-c1ccc2c(c1)CN(C1CCC(=O)NC1=O)C2=O. The third-order valence-corrected chi connectivity index (χ3v) is 4.75. The summed E-state index contributed by atoms with van der Waals surface area (Å²) in [5.74, 6) is -0.773. The van der Waals surface area contributed by atoms with Crippen molar-refractivity contribution in [2.24, 2.45) is 0 Å². The van der Waals surface area contributed by atoms with Crippen molar-refractivity contribution in [1.82, 2.24) is 20.2 Å². The molecule has 0 spiro atoms. The van der Waals surface area contributed by atoms with Gasteiger partial charge in [0.1, 0.15) is 16.9 Å². The number of nitrogens with zero attached hydrogens (tertiary/aromatic N) is 3. The molecule has 1 aromatic carbocycles. The van der Waals surface area contributed by atoms with E-state index in [4.69, 9.17) is 17.3 Å². The second-order valence-electron chi connectivity index (χ2n) is 6.20. The lowest BCUT2D eigenvalue weighted by Crippen LogP contribution is -2.52. The molecule has 3 heterocycles.